The van der Waals surface area contributed by atoms with Crippen LogP contribution in [0.2, 0.25) is 0 Å². The Labute approximate surface area is 202 Å². The highest BCUT2D eigenvalue weighted by molar-refractivity contribution is 7.98. The van der Waals surface area contributed by atoms with E-state index in [2.05, 4.69) is 25.7 Å². The summed E-state index contributed by atoms with van der Waals surface area (Å²) < 4.78 is 1.66. The molecule has 0 bridgehead atoms. The predicted octanol–water partition coefficient (Wildman–Crippen LogP) is 3.62. The normalized spacial score (nSPS) is 10.9. The van der Waals surface area contributed by atoms with Crippen molar-refractivity contribution >= 4 is 35.0 Å². The zero-order valence-corrected chi connectivity index (χ0v) is 20.1. The maximum absolute atomic E-state index is 12.9. The third-order valence-electron chi connectivity index (χ3n) is 5.54. The minimum atomic E-state index is -0.234. The third-order valence-corrected chi connectivity index (χ3v) is 6.08. The maximum atomic E-state index is 12.9. The average Bonchev–Trinajstić information content (AvgIpc) is 3.26. The van der Waals surface area contributed by atoms with Crippen LogP contribution in [0, 0.1) is 13.8 Å². The number of aromatic nitrogens is 4. The molecule has 4 rings (SSSR count). The van der Waals surface area contributed by atoms with Gasteiger partial charge in [-0.1, -0.05) is 54.2 Å². The Morgan fingerprint density at radius 1 is 1.00 bits per heavy atom. The van der Waals surface area contributed by atoms with E-state index in [4.69, 9.17) is 0 Å². The number of fused-ring (bicyclic) bond motifs is 1. The molecular weight excluding hydrogens is 448 g/mol. The predicted molar refractivity (Wildman–Crippen MR) is 133 cm³/mol. The van der Waals surface area contributed by atoms with Crippen LogP contribution >= 0.6 is 11.8 Å². The summed E-state index contributed by atoms with van der Waals surface area (Å²) in [4.78, 5) is 34.6. The molecule has 174 valence electrons. The first kappa shape index (κ1) is 23.4. The van der Waals surface area contributed by atoms with Gasteiger partial charge in [-0.3, -0.25) is 9.59 Å². The first-order chi connectivity index (χ1) is 16.5. The fourth-order valence-corrected chi connectivity index (χ4v) is 4.07. The fourth-order valence-electron chi connectivity index (χ4n) is 3.74. The van der Waals surface area contributed by atoms with Crippen molar-refractivity contribution in [1.82, 2.24) is 24.9 Å². The molecule has 2 heterocycles. The van der Waals surface area contributed by atoms with Crippen LogP contribution in [0.15, 0.2) is 59.8 Å². The molecule has 2 aromatic carbocycles. The molecule has 34 heavy (non-hydrogen) atoms. The number of aryl methyl sites for hydroxylation is 2. The summed E-state index contributed by atoms with van der Waals surface area (Å²) in [6.45, 7) is 4.26. The van der Waals surface area contributed by atoms with Crippen molar-refractivity contribution in [2.75, 3.05) is 18.1 Å². The van der Waals surface area contributed by atoms with Gasteiger partial charge in [0.05, 0.1) is 17.7 Å². The smallest absolute Gasteiger partial charge is 0.253 e. The van der Waals surface area contributed by atoms with Crippen LogP contribution in [0.25, 0.3) is 5.78 Å². The number of hydrogen-bond donors (Lipinski definition) is 2. The molecule has 0 saturated heterocycles. The van der Waals surface area contributed by atoms with E-state index in [1.807, 2.05) is 50.4 Å². The van der Waals surface area contributed by atoms with Gasteiger partial charge in [-0.05, 0) is 44.2 Å². The van der Waals surface area contributed by atoms with Gasteiger partial charge in [0, 0.05) is 23.5 Å². The van der Waals surface area contributed by atoms with Crippen molar-refractivity contribution in [3.63, 3.8) is 0 Å². The molecule has 4 aromatic rings. The first-order valence-corrected chi connectivity index (χ1v) is 12.2. The van der Waals surface area contributed by atoms with Crippen LogP contribution in [0.1, 0.15) is 32.9 Å². The van der Waals surface area contributed by atoms with Gasteiger partial charge in [-0.15, -0.1) is 5.10 Å². The molecule has 2 amide bonds. The standard InChI is InChI=1S/C25H26N6O2S/c1-16-20(17(2)31-24(27-16)29-25(30-31)34-3)15-22(32)28-21-12-8-7-11-19(21)23(33)26-14-13-18-9-5-4-6-10-18/h4-12H,13-15H2,1-3H3,(H,26,33)(H,28,32). The Bertz CT molecular complexity index is 1340. The molecule has 0 aliphatic carbocycles. The van der Waals surface area contributed by atoms with E-state index in [1.165, 1.54) is 11.8 Å². The van der Waals surface area contributed by atoms with E-state index in [0.717, 1.165) is 28.9 Å². The van der Waals surface area contributed by atoms with Crippen molar-refractivity contribution in [3.05, 3.63) is 82.7 Å². The quantitative estimate of drug-likeness (QED) is 0.378. The van der Waals surface area contributed by atoms with Crippen LogP contribution < -0.4 is 10.6 Å². The summed E-state index contributed by atoms with van der Waals surface area (Å²) in [5.41, 5.74) is 4.38. The number of para-hydroxylation sites is 1. The molecule has 0 aliphatic rings. The van der Waals surface area contributed by atoms with Crippen LogP contribution in [-0.4, -0.2) is 44.2 Å². The van der Waals surface area contributed by atoms with E-state index in [1.54, 1.807) is 28.8 Å². The molecule has 9 heteroatoms. The van der Waals surface area contributed by atoms with Gasteiger partial charge in [0.15, 0.2) is 0 Å². The lowest BCUT2D eigenvalue weighted by molar-refractivity contribution is -0.115. The molecule has 8 nitrogen and oxygen atoms in total. The van der Waals surface area contributed by atoms with Crippen LogP contribution in [0.5, 0.6) is 0 Å². The zero-order chi connectivity index (χ0) is 24.1. The monoisotopic (exact) mass is 474 g/mol. The second kappa shape index (κ2) is 10.5. The molecule has 0 radical (unpaired) electrons. The average molecular weight is 475 g/mol. The largest absolute Gasteiger partial charge is 0.352 e. The lowest BCUT2D eigenvalue weighted by Gasteiger charge is -2.13. The first-order valence-electron chi connectivity index (χ1n) is 10.9. The molecule has 0 unspecified atom stereocenters. The minimum absolute atomic E-state index is 0.110. The number of anilines is 1. The van der Waals surface area contributed by atoms with Crippen LogP contribution in [0.3, 0.4) is 0 Å². The van der Waals surface area contributed by atoms with E-state index in [9.17, 15) is 9.59 Å². The van der Waals surface area contributed by atoms with Crippen LogP contribution in [-0.2, 0) is 17.6 Å². The number of benzene rings is 2. The summed E-state index contributed by atoms with van der Waals surface area (Å²) in [5, 5.41) is 10.9. The van der Waals surface area contributed by atoms with Crippen molar-refractivity contribution < 1.29 is 9.59 Å². The molecule has 0 spiro atoms. The Morgan fingerprint density at radius 2 is 1.74 bits per heavy atom. The van der Waals surface area contributed by atoms with Gasteiger partial charge < -0.3 is 10.6 Å². The second-order valence-electron chi connectivity index (χ2n) is 7.83. The van der Waals surface area contributed by atoms with E-state index < -0.39 is 0 Å². The Kier molecular flexibility index (Phi) is 7.22. The van der Waals surface area contributed by atoms with Crippen molar-refractivity contribution in [2.45, 2.75) is 31.8 Å². The second-order valence-corrected chi connectivity index (χ2v) is 8.61. The number of nitrogens with zero attached hydrogens (tertiary/aromatic N) is 4. The number of amides is 2. The van der Waals surface area contributed by atoms with Crippen molar-refractivity contribution in [3.8, 4) is 0 Å². The summed E-state index contributed by atoms with van der Waals surface area (Å²) in [6, 6.07) is 17.0. The Hall–Kier alpha value is -3.72. The number of nitrogens with one attached hydrogen (secondary N) is 2. The highest BCUT2D eigenvalue weighted by Gasteiger charge is 2.18. The van der Waals surface area contributed by atoms with Gasteiger partial charge in [0.1, 0.15) is 0 Å². The number of rotatable bonds is 8. The molecule has 0 fully saturated rings. The SMILES string of the molecule is CSc1nc2nc(C)c(CC(=O)Nc3ccccc3C(=O)NCCc3ccccc3)c(C)n2n1. The van der Waals surface area contributed by atoms with E-state index in [0.29, 0.717) is 28.7 Å². The maximum Gasteiger partial charge on any atom is 0.253 e. The molecular formula is C25H26N6O2S. The van der Waals surface area contributed by atoms with Gasteiger partial charge in [0.25, 0.3) is 11.7 Å². The summed E-state index contributed by atoms with van der Waals surface area (Å²) >= 11 is 1.44. The number of thioether (sulfide) groups is 1. The molecule has 2 aromatic heterocycles. The molecule has 0 aliphatic heterocycles. The van der Waals surface area contributed by atoms with Crippen molar-refractivity contribution in [2.24, 2.45) is 0 Å². The van der Waals surface area contributed by atoms with Gasteiger partial charge in [-0.2, -0.15) is 4.98 Å². The molecule has 2 N–H and O–H groups in total. The van der Waals surface area contributed by atoms with Crippen molar-refractivity contribution in [1.29, 1.82) is 0 Å². The summed E-state index contributed by atoms with van der Waals surface area (Å²) in [7, 11) is 0. The summed E-state index contributed by atoms with van der Waals surface area (Å²) in [5.74, 6) is 0.0533. The summed E-state index contributed by atoms with van der Waals surface area (Å²) in [6.07, 6.45) is 2.75. The highest BCUT2D eigenvalue weighted by atomic mass is 32.2. The molecule has 0 saturated carbocycles. The third kappa shape index (κ3) is 5.26. The fraction of sp³-hybridized carbons (Fsp3) is 0.240. The lowest BCUT2D eigenvalue weighted by atomic mass is 10.1. The van der Waals surface area contributed by atoms with Gasteiger partial charge in [-0.25, -0.2) is 9.50 Å². The highest BCUT2D eigenvalue weighted by Crippen LogP contribution is 2.19. The number of carbonyl (C=O) groups excluding carboxylic acids is 2. The Balaban J connectivity index is 1.45. The van der Waals surface area contributed by atoms with Crippen LogP contribution in [0.4, 0.5) is 5.69 Å². The number of carbonyl (C=O) groups is 2. The minimum Gasteiger partial charge on any atom is -0.352 e. The molecule has 0 atom stereocenters. The van der Waals surface area contributed by atoms with E-state index in [-0.39, 0.29) is 18.2 Å². The topological polar surface area (TPSA) is 101 Å². The van der Waals surface area contributed by atoms with Gasteiger partial charge in [0.2, 0.25) is 11.1 Å². The van der Waals surface area contributed by atoms with E-state index >= 15 is 0 Å². The Morgan fingerprint density at radius 3 is 2.50 bits per heavy atom. The number of hydrogen-bond acceptors (Lipinski definition) is 6. The lowest BCUT2D eigenvalue weighted by Crippen LogP contribution is -2.27. The zero-order valence-electron chi connectivity index (χ0n) is 19.3. The van der Waals surface area contributed by atoms with Gasteiger partial charge >= 0.3 is 0 Å².